The Labute approximate surface area is 117 Å². The molecule has 1 aromatic heterocycles. The molecule has 2 aliphatic rings. The zero-order valence-corrected chi connectivity index (χ0v) is 11.8. The zero-order chi connectivity index (χ0) is 12.7. The van der Waals surface area contributed by atoms with Gasteiger partial charge < -0.3 is 10.1 Å². The summed E-state index contributed by atoms with van der Waals surface area (Å²) in [5.41, 5.74) is 0. The molecule has 0 aliphatic carbocycles. The van der Waals surface area contributed by atoms with Gasteiger partial charge in [0.15, 0.2) is 0 Å². The third kappa shape index (κ3) is 2.26. The monoisotopic (exact) mass is 273 g/mol. The lowest BCUT2D eigenvalue weighted by Gasteiger charge is -2.40. The largest absolute Gasteiger partial charge is 0.490 e. The molecule has 0 saturated carbocycles. The van der Waals surface area contributed by atoms with Gasteiger partial charge in [0.1, 0.15) is 11.9 Å². The maximum absolute atomic E-state index is 6.33. The number of fused-ring (bicyclic) bond motifs is 3. The highest BCUT2D eigenvalue weighted by Gasteiger charge is 2.32. The van der Waals surface area contributed by atoms with Crippen molar-refractivity contribution < 1.29 is 4.74 Å². The molecule has 2 aliphatic heterocycles. The predicted octanol–water partition coefficient (Wildman–Crippen LogP) is 3.95. The van der Waals surface area contributed by atoms with E-state index in [1.165, 1.54) is 29.3 Å². The number of hydrogen-bond donors (Lipinski definition) is 1. The Morgan fingerprint density at radius 3 is 2.79 bits per heavy atom. The molecule has 4 rings (SSSR count). The van der Waals surface area contributed by atoms with Gasteiger partial charge in [0.25, 0.3) is 0 Å². The predicted molar refractivity (Wildman–Crippen MR) is 80.0 cm³/mol. The first-order valence-corrected chi connectivity index (χ1v) is 8.15. The number of thiophene rings is 1. The smallest absolute Gasteiger partial charge is 0.128 e. The van der Waals surface area contributed by atoms with Crippen molar-refractivity contribution in [1.29, 1.82) is 0 Å². The third-order valence-corrected chi connectivity index (χ3v) is 5.30. The fourth-order valence-electron chi connectivity index (χ4n) is 3.56. The lowest BCUT2D eigenvalue weighted by molar-refractivity contribution is 0.0940. The van der Waals surface area contributed by atoms with E-state index < -0.39 is 0 Å². The highest BCUT2D eigenvalue weighted by molar-refractivity contribution is 7.17. The SMILES string of the molecule is c1cc(OC2C[C@@H]3CCC[C@@H](C2)N3)c2ccsc2c1. The summed E-state index contributed by atoms with van der Waals surface area (Å²) in [6.45, 7) is 0. The van der Waals surface area contributed by atoms with Gasteiger partial charge in [-0.15, -0.1) is 11.3 Å². The van der Waals surface area contributed by atoms with Crippen molar-refractivity contribution in [2.24, 2.45) is 0 Å². The Hall–Kier alpha value is -1.06. The molecule has 0 radical (unpaired) electrons. The molecular weight excluding hydrogens is 254 g/mol. The van der Waals surface area contributed by atoms with Crippen LogP contribution in [0.2, 0.25) is 0 Å². The van der Waals surface area contributed by atoms with Gasteiger partial charge in [-0.3, -0.25) is 0 Å². The van der Waals surface area contributed by atoms with E-state index >= 15 is 0 Å². The Morgan fingerprint density at radius 2 is 1.95 bits per heavy atom. The average molecular weight is 273 g/mol. The second-order valence-corrected chi connectivity index (χ2v) is 6.74. The molecule has 1 aromatic carbocycles. The number of hydrogen-bond acceptors (Lipinski definition) is 3. The van der Waals surface area contributed by atoms with Crippen LogP contribution >= 0.6 is 11.3 Å². The van der Waals surface area contributed by atoms with Gasteiger partial charge in [0.05, 0.1) is 0 Å². The molecule has 2 nitrogen and oxygen atoms in total. The van der Waals surface area contributed by atoms with Crippen LogP contribution in [0.1, 0.15) is 32.1 Å². The minimum atomic E-state index is 0.391. The molecule has 2 aromatic rings. The molecule has 19 heavy (non-hydrogen) atoms. The maximum Gasteiger partial charge on any atom is 0.128 e. The van der Waals surface area contributed by atoms with Gasteiger partial charge in [0.2, 0.25) is 0 Å². The van der Waals surface area contributed by atoms with Crippen molar-refractivity contribution in [3.05, 3.63) is 29.6 Å². The van der Waals surface area contributed by atoms with E-state index in [0.717, 1.165) is 18.6 Å². The summed E-state index contributed by atoms with van der Waals surface area (Å²) in [7, 11) is 0. The normalized spacial score (nSPS) is 30.4. The summed E-state index contributed by atoms with van der Waals surface area (Å²) < 4.78 is 7.66. The Kier molecular flexibility index (Phi) is 2.97. The van der Waals surface area contributed by atoms with Crippen molar-refractivity contribution in [3.63, 3.8) is 0 Å². The van der Waals surface area contributed by atoms with Crippen LogP contribution in [0.3, 0.4) is 0 Å². The molecule has 100 valence electrons. The molecule has 1 N–H and O–H groups in total. The Morgan fingerprint density at radius 1 is 1.11 bits per heavy atom. The van der Waals surface area contributed by atoms with E-state index in [-0.39, 0.29) is 0 Å². The molecule has 2 bridgehead atoms. The van der Waals surface area contributed by atoms with E-state index in [2.05, 4.69) is 35.0 Å². The number of rotatable bonds is 2. The molecule has 0 unspecified atom stereocenters. The topological polar surface area (TPSA) is 21.3 Å². The minimum Gasteiger partial charge on any atom is -0.490 e. The Bertz CT molecular complexity index is 567. The van der Waals surface area contributed by atoms with Crippen LogP contribution in [-0.2, 0) is 0 Å². The first-order chi connectivity index (χ1) is 9.38. The van der Waals surface area contributed by atoms with Crippen molar-refractivity contribution in [1.82, 2.24) is 5.32 Å². The van der Waals surface area contributed by atoms with Crippen LogP contribution in [0, 0.1) is 0 Å². The van der Waals surface area contributed by atoms with Crippen molar-refractivity contribution in [2.45, 2.75) is 50.3 Å². The van der Waals surface area contributed by atoms with Crippen molar-refractivity contribution in [3.8, 4) is 5.75 Å². The van der Waals surface area contributed by atoms with E-state index in [1.807, 2.05) is 0 Å². The second-order valence-electron chi connectivity index (χ2n) is 5.79. The molecule has 0 amide bonds. The number of piperidine rings is 2. The fraction of sp³-hybridized carbons (Fsp3) is 0.500. The van der Waals surface area contributed by atoms with Crippen LogP contribution in [0.15, 0.2) is 29.6 Å². The van der Waals surface area contributed by atoms with Gasteiger partial charge in [-0.2, -0.15) is 0 Å². The molecule has 2 fully saturated rings. The standard InChI is InChI=1S/C16H19NOS/c1-3-11-9-13(10-12(4-1)17-11)18-15-5-2-6-16-14(15)7-8-19-16/h2,5-8,11-13,17H,1,3-4,9-10H2/t11-,12-/m0/s1. The van der Waals surface area contributed by atoms with Crippen LogP contribution in [0.25, 0.3) is 10.1 Å². The number of benzene rings is 1. The summed E-state index contributed by atoms with van der Waals surface area (Å²) in [6, 6.07) is 9.93. The van der Waals surface area contributed by atoms with E-state index in [1.54, 1.807) is 11.3 Å². The maximum atomic E-state index is 6.33. The molecule has 2 saturated heterocycles. The third-order valence-electron chi connectivity index (χ3n) is 4.42. The highest BCUT2D eigenvalue weighted by Crippen LogP contribution is 2.33. The fourth-order valence-corrected chi connectivity index (χ4v) is 4.36. The van der Waals surface area contributed by atoms with Crippen molar-refractivity contribution in [2.75, 3.05) is 0 Å². The molecular formula is C16H19NOS. The highest BCUT2D eigenvalue weighted by atomic mass is 32.1. The summed E-state index contributed by atoms with van der Waals surface area (Å²) in [4.78, 5) is 0. The zero-order valence-electron chi connectivity index (χ0n) is 11.0. The molecule has 0 spiro atoms. The molecule has 3 heterocycles. The lowest BCUT2D eigenvalue weighted by atomic mass is 9.85. The first kappa shape index (κ1) is 11.7. The van der Waals surface area contributed by atoms with Crippen LogP contribution in [0.5, 0.6) is 5.75 Å². The van der Waals surface area contributed by atoms with Gasteiger partial charge in [-0.1, -0.05) is 12.5 Å². The summed E-state index contributed by atoms with van der Waals surface area (Å²) in [6.07, 6.45) is 6.74. The average Bonchev–Trinajstić information content (AvgIpc) is 2.88. The van der Waals surface area contributed by atoms with E-state index in [4.69, 9.17) is 4.74 Å². The first-order valence-electron chi connectivity index (χ1n) is 7.27. The van der Waals surface area contributed by atoms with Gasteiger partial charge >= 0.3 is 0 Å². The Balaban J connectivity index is 1.56. The van der Waals surface area contributed by atoms with Crippen molar-refractivity contribution >= 4 is 21.4 Å². The summed E-state index contributed by atoms with van der Waals surface area (Å²) >= 11 is 1.79. The van der Waals surface area contributed by atoms with Crippen LogP contribution in [-0.4, -0.2) is 18.2 Å². The summed E-state index contributed by atoms with van der Waals surface area (Å²) in [5, 5.41) is 7.14. The van der Waals surface area contributed by atoms with E-state index in [0.29, 0.717) is 18.2 Å². The molecule has 3 heteroatoms. The molecule has 2 atom stereocenters. The number of ether oxygens (including phenoxy) is 1. The quantitative estimate of drug-likeness (QED) is 0.894. The van der Waals surface area contributed by atoms with Crippen LogP contribution in [0.4, 0.5) is 0 Å². The summed E-state index contributed by atoms with van der Waals surface area (Å²) in [5.74, 6) is 1.07. The van der Waals surface area contributed by atoms with Gasteiger partial charge in [-0.25, -0.2) is 0 Å². The minimum absolute atomic E-state index is 0.391. The number of nitrogens with one attached hydrogen (secondary N) is 1. The van der Waals surface area contributed by atoms with Gasteiger partial charge in [0, 0.05) is 22.2 Å². The second kappa shape index (κ2) is 4.80. The van der Waals surface area contributed by atoms with E-state index in [9.17, 15) is 0 Å². The van der Waals surface area contributed by atoms with Gasteiger partial charge in [-0.05, 0) is 49.3 Å². The lowest BCUT2D eigenvalue weighted by Crippen LogP contribution is -2.51. The van der Waals surface area contributed by atoms with Crippen LogP contribution < -0.4 is 10.1 Å².